The molecule has 0 spiro atoms. The summed E-state index contributed by atoms with van der Waals surface area (Å²) in [5, 5.41) is 3.98. The Bertz CT molecular complexity index is 867. The second-order valence-corrected chi connectivity index (χ2v) is 7.87. The number of benzene rings is 2. The van der Waals surface area contributed by atoms with E-state index in [1.807, 2.05) is 20.8 Å². The molecule has 0 saturated carbocycles. The van der Waals surface area contributed by atoms with E-state index in [1.54, 1.807) is 30.5 Å². The molecule has 0 aliphatic heterocycles. The Labute approximate surface area is 144 Å². The van der Waals surface area contributed by atoms with Crippen molar-refractivity contribution < 1.29 is 8.42 Å². The Morgan fingerprint density at radius 2 is 1.25 bits per heavy atom. The molecule has 0 fully saturated rings. The molecule has 4 nitrogen and oxygen atoms in total. The van der Waals surface area contributed by atoms with Gasteiger partial charge in [0.15, 0.2) is 0 Å². The number of rotatable bonds is 4. The number of hydrogen-bond acceptors (Lipinski definition) is 3. The van der Waals surface area contributed by atoms with Crippen LogP contribution in [0.3, 0.4) is 0 Å². The molecule has 0 heterocycles. The fraction of sp³-hybridized carbons (Fsp3) is 0.316. The fourth-order valence-electron chi connectivity index (χ4n) is 2.65. The topological polar surface area (TPSA) is 58.5 Å². The highest BCUT2D eigenvalue weighted by Crippen LogP contribution is 2.24. The first kappa shape index (κ1) is 18.2. The van der Waals surface area contributed by atoms with Gasteiger partial charge in [-0.05, 0) is 81.5 Å². The molecule has 0 aromatic heterocycles. The van der Waals surface area contributed by atoms with Crippen LogP contribution in [0.2, 0.25) is 0 Å². The maximum absolute atomic E-state index is 12.3. The molecule has 0 aliphatic carbocycles. The van der Waals surface area contributed by atoms with Crippen molar-refractivity contribution in [3.8, 4) is 0 Å². The zero-order valence-electron chi connectivity index (χ0n) is 15.1. The van der Waals surface area contributed by atoms with Crippen molar-refractivity contribution in [2.45, 2.75) is 46.4 Å². The van der Waals surface area contributed by atoms with E-state index in [1.165, 1.54) is 16.7 Å². The molecule has 2 aromatic carbocycles. The van der Waals surface area contributed by atoms with Gasteiger partial charge in [-0.15, -0.1) is 0 Å². The molecule has 2 rings (SSSR count). The van der Waals surface area contributed by atoms with Crippen molar-refractivity contribution in [1.29, 1.82) is 0 Å². The van der Waals surface area contributed by atoms with Gasteiger partial charge in [0.1, 0.15) is 0 Å². The van der Waals surface area contributed by atoms with Gasteiger partial charge in [-0.2, -0.15) is 13.5 Å². The Kier molecular flexibility index (Phi) is 5.13. The zero-order valence-corrected chi connectivity index (χ0v) is 15.9. The number of sulfonamides is 1. The maximum Gasteiger partial charge on any atom is 0.276 e. The molecule has 2 aromatic rings. The highest BCUT2D eigenvalue weighted by molar-refractivity contribution is 7.89. The van der Waals surface area contributed by atoms with E-state index in [0.29, 0.717) is 0 Å². The maximum atomic E-state index is 12.3. The summed E-state index contributed by atoms with van der Waals surface area (Å²) in [5.41, 5.74) is 7.89. The Hall–Kier alpha value is -2.14. The molecule has 5 heteroatoms. The van der Waals surface area contributed by atoms with Gasteiger partial charge >= 0.3 is 0 Å². The molecule has 0 unspecified atom stereocenters. The lowest BCUT2D eigenvalue weighted by Gasteiger charge is -2.16. The third-order valence-electron chi connectivity index (χ3n) is 4.76. The molecule has 128 valence electrons. The quantitative estimate of drug-likeness (QED) is 0.676. The Morgan fingerprint density at radius 1 is 0.792 bits per heavy atom. The van der Waals surface area contributed by atoms with Crippen molar-refractivity contribution in [1.82, 2.24) is 4.83 Å². The standard InChI is InChI=1S/C19H24N2O2S/c1-12-7-9-18(10-8-12)24(22,23)21-20-11-19-16(5)14(3)13(2)15(4)17(19)6/h7-11,21H,1-6H3/b20-11+. The van der Waals surface area contributed by atoms with Crippen LogP contribution in [-0.4, -0.2) is 14.6 Å². The van der Waals surface area contributed by atoms with Crippen LogP contribution < -0.4 is 4.83 Å². The number of nitrogens with one attached hydrogen (secondary N) is 1. The summed E-state index contributed by atoms with van der Waals surface area (Å²) in [6, 6.07) is 6.67. The van der Waals surface area contributed by atoms with Crippen LogP contribution in [-0.2, 0) is 10.0 Å². The van der Waals surface area contributed by atoms with E-state index < -0.39 is 10.0 Å². The zero-order chi connectivity index (χ0) is 18.1. The molecule has 0 atom stereocenters. The molecule has 1 N–H and O–H groups in total. The average Bonchev–Trinajstić information content (AvgIpc) is 2.54. The van der Waals surface area contributed by atoms with Crippen LogP contribution in [0.5, 0.6) is 0 Å². The minimum atomic E-state index is -3.65. The summed E-state index contributed by atoms with van der Waals surface area (Å²) in [5.74, 6) is 0. The first-order valence-corrected chi connectivity index (χ1v) is 9.32. The molecule has 0 radical (unpaired) electrons. The number of hydrazone groups is 1. The van der Waals surface area contributed by atoms with Crippen LogP contribution in [0.4, 0.5) is 0 Å². The normalized spacial score (nSPS) is 11.9. The van der Waals surface area contributed by atoms with Crippen molar-refractivity contribution in [2.75, 3.05) is 0 Å². The lowest BCUT2D eigenvalue weighted by Crippen LogP contribution is -2.18. The average molecular weight is 344 g/mol. The second kappa shape index (κ2) is 6.77. The first-order chi connectivity index (χ1) is 11.1. The number of nitrogens with zero attached hydrogens (tertiary/aromatic N) is 1. The summed E-state index contributed by atoms with van der Waals surface area (Å²) in [7, 11) is -3.65. The van der Waals surface area contributed by atoms with E-state index in [9.17, 15) is 8.42 Å². The smallest absolute Gasteiger partial charge is 0.200 e. The van der Waals surface area contributed by atoms with Crippen molar-refractivity contribution in [3.63, 3.8) is 0 Å². The molecular formula is C19H24N2O2S. The highest BCUT2D eigenvalue weighted by Gasteiger charge is 2.13. The lowest BCUT2D eigenvalue weighted by atomic mass is 9.90. The van der Waals surface area contributed by atoms with Gasteiger partial charge in [-0.3, -0.25) is 0 Å². The summed E-state index contributed by atoms with van der Waals surface area (Å²) in [4.78, 5) is 2.50. The van der Waals surface area contributed by atoms with Crippen LogP contribution in [0, 0.1) is 41.5 Å². The summed E-state index contributed by atoms with van der Waals surface area (Å²) in [6.45, 7) is 12.2. The fourth-order valence-corrected chi connectivity index (χ4v) is 3.44. The van der Waals surface area contributed by atoms with Gasteiger partial charge in [0.05, 0.1) is 11.1 Å². The van der Waals surface area contributed by atoms with Crippen LogP contribution in [0.25, 0.3) is 0 Å². The van der Waals surface area contributed by atoms with Crippen molar-refractivity contribution in [2.24, 2.45) is 5.10 Å². The molecular weight excluding hydrogens is 320 g/mol. The van der Waals surface area contributed by atoms with Crippen LogP contribution >= 0.6 is 0 Å². The van der Waals surface area contributed by atoms with Gasteiger partial charge in [0.25, 0.3) is 10.0 Å². The second-order valence-electron chi connectivity index (χ2n) is 6.20. The number of aryl methyl sites for hydroxylation is 1. The molecule has 0 aliphatic rings. The highest BCUT2D eigenvalue weighted by atomic mass is 32.2. The Balaban J connectivity index is 2.31. The molecule has 24 heavy (non-hydrogen) atoms. The van der Waals surface area contributed by atoms with E-state index in [2.05, 4.69) is 30.7 Å². The predicted molar refractivity (Wildman–Crippen MR) is 99.2 cm³/mol. The third kappa shape index (κ3) is 3.51. The van der Waals surface area contributed by atoms with Crippen LogP contribution in [0.15, 0.2) is 34.3 Å². The minimum absolute atomic E-state index is 0.204. The van der Waals surface area contributed by atoms with E-state index in [-0.39, 0.29) is 4.90 Å². The lowest BCUT2D eigenvalue weighted by molar-refractivity contribution is 0.584. The number of hydrogen-bond donors (Lipinski definition) is 1. The van der Waals surface area contributed by atoms with E-state index in [4.69, 9.17) is 0 Å². The predicted octanol–water partition coefficient (Wildman–Crippen LogP) is 3.85. The first-order valence-electron chi connectivity index (χ1n) is 7.83. The van der Waals surface area contributed by atoms with Gasteiger partial charge in [0.2, 0.25) is 0 Å². The van der Waals surface area contributed by atoms with Crippen molar-refractivity contribution >= 4 is 16.2 Å². The summed E-state index contributed by atoms with van der Waals surface area (Å²) in [6.07, 6.45) is 1.59. The van der Waals surface area contributed by atoms with Crippen LogP contribution in [0.1, 0.15) is 38.9 Å². The molecule has 0 amide bonds. The SMILES string of the molecule is Cc1ccc(S(=O)(=O)N/N=C/c2c(C)c(C)c(C)c(C)c2C)cc1. The minimum Gasteiger partial charge on any atom is -0.200 e. The third-order valence-corrected chi connectivity index (χ3v) is 5.99. The van der Waals surface area contributed by atoms with Gasteiger partial charge in [-0.1, -0.05) is 17.7 Å². The molecule has 0 saturated heterocycles. The summed E-state index contributed by atoms with van der Waals surface area (Å²) < 4.78 is 24.5. The van der Waals surface area contributed by atoms with E-state index >= 15 is 0 Å². The summed E-state index contributed by atoms with van der Waals surface area (Å²) >= 11 is 0. The van der Waals surface area contributed by atoms with Gasteiger partial charge < -0.3 is 0 Å². The van der Waals surface area contributed by atoms with Gasteiger partial charge in [0, 0.05) is 5.56 Å². The monoisotopic (exact) mass is 344 g/mol. The van der Waals surface area contributed by atoms with Gasteiger partial charge in [-0.25, -0.2) is 4.83 Å². The largest absolute Gasteiger partial charge is 0.276 e. The Morgan fingerprint density at radius 3 is 1.75 bits per heavy atom. The molecule has 0 bridgehead atoms. The van der Waals surface area contributed by atoms with E-state index in [0.717, 1.165) is 22.3 Å². The van der Waals surface area contributed by atoms with Crippen molar-refractivity contribution in [3.05, 3.63) is 63.2 Å².